The summed E-state index contributed by atoms with van der Waals surface area (Å²) in [6, 6.07) is 3.82. The van der Waals surface area contributed by atoms with E-state index in [-0.39, 0.29) is 23.6 Å². The molecule has 0 unspecified atom stereocenters. The number of hydrogen-bond acceptors (Lipinski definition) is 3. The first-order valence-corrected chi connectivity index (χ1v) is 6.66. The van der Waals surface area contributed by atoms with Gasteiger partial charge in [0.15, 0.2) is 0 Å². The van der Waals surface area contributed by atoms with Crippen molar-refractivity contribution in [2.24, 2.45) is 0 Å². The minimum Gasteiger partial charge on any atom is -0.444 e. The number of alkyl carbamates (subject to hydrolysis) is 1. The second-order valence-electron chi connectivity index (χ2n) is 5.35. The number of benzene rings is 1. The molecule has 0 saturated heterocycles. The largest absolute Gasteiger partial charge is 0.444 e. The topological polar surface area (TPSA) is 58.6 Å². The number of aliphatic hydroxyl groups is 1. The quantitative estimate of drug-likeness (QED) is 0.896. The van der Waals surface area contributed by atoms with Crippen LogP contribution in [0.5, 0.6) is 0 Å². The highest BCUT2D eigenvalue weighted by molar-refractivity contribution is 6.30. The zero-order valence-electron chi connectivity index (χ0n) is 11.7. The molecule has 0 heterocycles. The smallest absolute Gasteiger partial charge is 0.408 e. The number of amides is 1. The van der Waals surface area contributed by atoms with Gasteiger partial charge in [-0.2, -0.15) is 0 Å². The first-order valence-electron chi connectivity index (χ1n) is 6.29. The van der Waals surface area contributed by atoms with Crippen molar-refractivity contribution in [3.05, 3.63) is 34.6 Å². The van der Waals surface area contributed by atoms with Gasteiger partial charge in [0.2, 0.25) is 0 Å². The molecule has 0 aliphatic carbocycles. The van der Waals surface area contributed by atoms with Crippen molar-refractivity contribution in [2.75, 3.05) is 6.61 Å². The molecule has 1 rings (SSSR count). The molecule has 1 amide bonds. The standard InChI is InChI=1S/C14H19ClFNO3/c1-14(2,3)20-13(19)17-11(7-8-18)9-5-4-6-10(15)12(9)16/h4-6,11,18H,7-8H2,1-3H3,(H,17,19)/t11-/m1/s1. The number of hydrogen-bond donors (Lipinski definition) is 2. The fourth-order valence-corrected chi connectivity index (χ4v) is 1.86. The highest BCUT2D eigenvalue weighted by Gasteiger charge is 2.22. The molecule has 0 bridgehead atoms. The number of nitrogens with one attached hydrogen (secondary N) is 1. The predicted molar refractivity (Wildman–Crippen MR) is 75.2 cm³/mol. The average molecular weight is 304 g/mol. The molecule has 20 heavy (non-hydrogen) atoms. The minimum absolute atomic E-state index is 0.0311. The summed E-state index contributed by atoms with van der Waals surface area (Å²) >= 11 is 5.72. The molecule has 1 atom stereocenters. The van der Waals surface area contributed by atoms with E-state index in [9.17, 15) is 9.18 Å². The fraction of sp³-hybridized carbons (Fsp3) is 0.500. The van der Waals surface area contributed by atoms with Crippen molar-refractivity contribution in [1.29, 1.82) is 0 Å². The van der Waals surface area contributed by atoms with Gasteiger partial charge in [0.05, 0.1) is 11.1 Å². The van der Waals surface area contributed by atoms with Crippen LogP contribution in [-0.2, 0) is 4.74 Å². The Morgan fingerprint density at radius 3 is 2.70 bits per heavy atom. The van der Waals surface area contributed by atoms with Gasteiger partial charge in [0.1, 0.15) is 11.4 Å². The third-order valence-electron chi connectivity index (χ3n) is 2.47. The molecule has 0 aliphatic rings. The molecule has 1 aromatic carbocycles. The molecule has 1 aromatic rings. The van der Waals surface area contributed by atoms with Crippen LogP contribution >= 0.6 is 11.6 Å². The van der Waals surface area contributed by atoms with Gasteiger partial charge in [-0.05, 0) is 33.3 Å². The highest BCUT2D eigenvalue weighted by atomic mass is 35.5. The first-order chi connectivity index (χ1) is 9.24. The van der Waals surface area contributed by atoms with Crippen molar-refractivity contribution in [3.8, 4) is 0 Å². The normalized spacial score (nSPS) is 12.9. The van der Waals surface area contributed by atoms with E-state index < -0.39 is 23.6 Å². The maximum atomic E-state index is 14.0. The summed E-state index contributed by atoms with van der Waals surface area (Å²) < 4.78 is 19.1. The average Bonchev–Trinajstić information content (AvgIpc) is 2.30. The van der Waals surface area contributed by atoms with Gasteiger partial charge in [0, 0.05) is 12.2 Å². The lowest BCUT2D eigenvalue weighted by molar-refractivity contribution is 0.0495. The Balaban J connectivity index is 2.89. The highest BCUT2D eigenvalue weighted by Crippen LogP contribution is 2.25. The number of aliphatic hydroxyl groups excluding tert-OH is 1. The summed E-state index contributed by atoms with van der Waals surface area (Å²) in [5.74, 6) is -0.608. The van der Waals surface area contributed by atoms with Crippen LogP contribution in [0.2, 0.25) is 5.02 Å². The van der Waals surface area contributed by atoms with E-state index in [0.717, 1.165) is 0 Å². The summed E-state index contributed by atoms with van der Waals surface area (Å²) in [6.45, 7) is 4.99. The van der Waals surface area contributed by atoms with Crippen molar-refractivity contribution < 1.29 is 19.0 Å². The lowest BCUT2D eigenvalue weighted by atomic mass is 10.0. The molecule has 6 heteroatoms. The van der Waals surface area contributed by atoms with Crippen LogP contribution in [0.1, 0.15) is 38.8 Å². The Bertz CT molecular complexity index is 474. The molecule has 2 N–H and O–H groups in total. The summed E-state index contributed by atoms with van der Waals surface area (Å²) in [5.41, 5.74) is -0.432. The van der Waals surface area contributed by atoms with Crippen molar-refractivity contribution >= 4 is 17.7 Å². The molecule has 0 radical (unpaired) electrons. The van der Waals surface area contributed by atoms with Crippen LogP contribution in [0.4, 0.5) is 9.18 Å². The second-order valence-corrected chi connectivity index (χ2v) is 5.76. The Kier molecular flexibility index (Phi) is 5.77. The maximum Gasteiger partial charge on any atom is 0.408 e. The molecule has 0 aromatic heterocycles. The van der Waals surface area contributed by atoms with E-state index in [1.165, 1.54) is 12.1 Å². The number of halogens is 2. The zero-order chi connectivity index (χ0) is 15.3. The fourth-order valence-electron chi connectivity index (χ4n) is 1.67. The summed E-state index contributed by atoms with van der Waals surface area (Å²) in [6.07, 6.45) is -0.508. The van der Waals surface area contributed by atoms with Crippen LogP contribution in [0, 0.1) is 5.82 Å². The molecule has 4 nitrogen and oxygen atoms in total. The van der Waals surface area contributed by atoms with Gasteiger partial charge >= 0.3 is 6.09 Å². The van der Waals surface area contributed by atoms with Crippen molar-refractivity contribution in [2.45, 2.75) is 38.8 Å². The van der Waals surface area contributed by atoms with E-state index in [2.05, 4.69) is 5.32 Å². The van der Waals surface area contributed by atoms with Crippen molar-refractivity contribution in [3.63, 3.8) is 0 Å². The zero-order valence-corrected chi connectivity index (χ0v) is 12.5. The van der Waals surface area contributed by atoms with Gasteiger partial charge in [0.25, 0.3) is 0 Å². The number of carbonyl (C=O) groups excluding carboxylic acids is 1. The van der Waals surface area contributed by atoms with Gasteiger partial charge in [-0.25, -0.2) is 9.18 Å². The Labute approximate surface area is 122 Å². The lowest BCUT2D eigenvalue weighted by Crippen LogP contribution is -2.35. The predicted octanol–water partition coefficient (Wildman–Crippen LogP) is 3.43. The summed E-state index contributed by atoms with van der Waals surface area (Å²) in [4.78, 5) is 11.7. The molecule has 0 spiro atoms. The number of rotatable bonds is 4. The Hall–Kier alpha value is -1.33. The van der Waals surface area contributed by atoms with E-state index in [4.69, 9.17) is 21.4 Å². The van der Waals surface area contributed by atoms with Crippen LogP contribution in [0.25, 0.3) is 0 Å². The monoisotopic (exact) mass is 303 g/mol. The van der Waals surface area contributed by atoms with E-state index in [1.807, 2.05) is 0 Å². The molecule has 0 saturated carbocycles. The lowest BCUT2D eigenvalue weighted by Gasteiger charge is -2.24. The molecule has 0 fully saturated rings. The van der Waals surface area contributed by atoms with Gasteiger partial charge in [-0.1, -0.05) is 23.7 Å². The van der Waals surface area contributed by atoms with Gasteiger partial charge < -0.3 is 15.2 Å². The number of ether oxygens (including phenoxy) is 1. The van der Waals surface area contributed by atoms with Crippen molar-refractivity contribution in [1.82, 2.24) is 5.32 Å². The third kappa shape index (κ3) is 4.98. The molecule has 112 valence electrons. The van der Waals surface area contributed by atoms with Gasteiger partial charge in [-0.15, -0.1) is 0 Å². The number of carbonyl (C=O) groups is 1. The molecule has 0 aliphatic heterocycles. The minimum atomic E-state index is -0.700. The van der Waals surface area contributed by atoms with Crippen LogP contribution in [-0.4, -0.2) is 23.4 Å². The Morgan fingerprint density at radius 2 is 2.15 bits per heavy atom. The maximum absolute atomic E-state index is 14.0. The molecular weight excluding hydrogens is 285 g/mol. The van der Waals surface area contributed by atoms with E-state index in [1.54, 1.807) is 26.8 Å². The van der Waals surface area contributed by atoms with Gasteiger partial charge in [-0.3, -0.25) is 0 Å². The summed E-state index contributed by atoms with van der Waals surface area (Å²) in [7, 11) is 0. The SMILES string of the molecule is CC(C)(C)OC(=O)N[C@H](CCO)c1cccc(Cl)c1F. The first kappa shape index (κ1) is 16.7. The van der Waals surface area contributed by atoms with Crippen LogP contribution < -0.4 is 5.32 Å². The van der Waals surface area contributed by atoms with Crippen LogP contribution in [0.15, 0.2) is 18.2 Å². The summed E-state index contributed by atoms with van der Waals surface area (Å²) in [5, 5.41) is 11.6. The van der Waals surface area contributed by atoms with E-state index >= 15 is 0 Å². The van der Waals surface area contributed by atoms with Crippen LogP contribution in [0.3, 0.4) is 0 Å². The Morgan fingerprint density at radius 1 is 1.50 bits per heavy atom. The third-order valence-corrected chi connectivity index (χ3v) is 2.76. The van der Waals surface area contributed by atoms with E-state index in [0.29, 0.717) is 0 Å². The second kappa shape index (κ2) is 6.90. The molecular formula is C14H19ClFNO3.